The van der Waals surface area contributed by atoms with Gasteiger partial charge in [-0.2, -0.15) is 17.5 Å². The average Bonchev–Trinajstić information content (AvgIpc) is 3.13. The summed E-state index contributed by atoms with van der Waals surface area (Å²) in [6, 6.07) is 10.6. The Morgan fingerprint density at radius 2 is 1.69 bits per heavy atom. The molecule has 12 heteroatoms. The molecular formula is C20H18F4N4O3S. The molecule has 1 aliphatic heterocycles. The predicted molar refractivity (Wildman–Crippen MR) is 106 cm³/mol. The van der Waals surface area contributed by atoms with Crippen molar-refractivity contribution in [3.05, 3.63) is 60.2 Å². The van der Waals surface area contributed by atoms with Gasteiger partial charge in [-0.1, -0.05) is 18.2 Å². The molecule has 170 valence electrons. The Morgan fingerprint density at radius 1 is 1.00 bits per heavy atom. The topological polar surface area (TPSA) is 75.5 Å². The summed E-state index contributed by atoms with van der Waals surface area (Å²) in [5.41, 5.74) is 0.305. The number of sulfonamides is 1. The molecule has 0 atom stereocenters. The van der Waals surface area contributed by atoms with Gasteiger partial charge in [0, 0.05) is 26.2 Å². The summed E-state index contributed by atoms with van der Waals surface area (Å²) in [5.74, 6) is -2.44. The van der Waals surface area contributed by atoms with Crippen LogP contribution >= 0.6 is 0 Å². The van der Waals surface area contributed by atoms with Crippen molar-refractivity contribution in [2.75, 3.05) is 26.2 Å². The molecule has 1 fully saturated rings. The third-order valence-corrected chi connectivity index (χ3v) is 7.12. The van der Waals surface area contributed by atoms with Crippen LogP contribution in [0.15, 0.2) is 53.4 Å². The lowest BCUT2D eigenvalue weighted by atomic mass is 10.3. The minimum Gasteiger partial charge on any atom is -0.339 e. The standard InChI is InChI=1S/C20H18F4N4O3S/c21-14-4-3-5-15(12-14)32(30,31)27-10-8-26(9-11-27)18(29)13-28-17-7-2-1-6-16(17)25-19(28)20(22,23)24/h1-7,12H,8-11,13H2. The summed E-state index contributed by atoms with van der Waals surface area (Å²) in [4.78, 5) is 17.5. The Hall–Kier alpha value is -2.99. The van der Waals surface area contributed by atoms with E-state index in [1.807, 2.05) is 0 Å². The summed E-state index contributed by atoms with van der Waals surface area (Å²) in [5, 5.41) is 0. The van der Waals surface area contributed by atoms with Gasteiger partial charge in [0.15, 0.2) is 0 Å². The lowest BCUT2D eigenvalue weighted by Gasteiger charge is -2.34. The van der Waals surface area contributed by atoms with Crippen LogP contribution in [0.3, 0.4) is 0 Å². The van der Waals surface area contributed by atoms with Crippen LogP contribution in [0.4, 0.5) is 17.6 Å². The maximum Gasteiger partial charge on any atom is 0.449 e. The number of benzene rings is 2. The Morgan fingerprint density at radius 3 is 2.34 bits per heavy atom. The Kier molecular flexibility index (Phi) is 5.67. The molecule has 0 radical (unpaired) electrons. The summed E-state index contributed by atoms with van der Waals surface area (Å²) in [6.07, 6.45) is -4.74. The zero-order chi connectivity index (χ0) is 23.1. The van der Waals surface area contributed by atoms with E-state index in [0.29, 0.717) is 0 Å². The normalized spacial score (nSPS) is 15.9. The maximum absolute atomic E-state index is 13.4. The first-order chi connectivity index (χ1) is 15.1. The van der Waals surface area contributed by atoms with Crippen LogP contribution in [0, 0.1) is 5.82 Å². The Labute approximate surface area is 180 Å². The minimum atomic E-state index is -4.74. The van der Waals surface area contributed by atoms with Gasteiger partial charge >= 0.3 is 6.18 Å². The number of carbonyl (C=O) groups excluding carboxylic acids is 1. The van der Waals surface area contributed by atoms with E-state index in [0.717, 1.165) is 21.0 Å². The largest absolute Gasteiger partial charge is 0.449 e. The first-order valence-electron chi connectivity index (χ1n) is 9.63. The zero-order valence-electron chi connectivity index (χ0n) is 16.6. The van der Waals surface area contributed by atoms with E-state index >= 15 is 0 Å². The molecule has 1 aliphatic rings. The second-order valence-corrected chi connectivity index (χ2v) is 9.19. The van der Waals surface area contributed by atoms with Gasteiger partial charge in [0.2, 0.25) is 21.8 Å². The van der Waals surface area contributed by atoms with Gasteiger partial charge in [-0.3, -0.25) is 4.79 Å². The Bertz CT molecular complexity index is 1270. The third-order valence-electron chi connectivity index (χ3n) is 5.23. The van der Waals surface area contributed by atoms with Crippen molar-refractivity contribution in [2.24, 2.45) is 0 Å². The minimum absolute atomic E-state index is 0.00135. The quantitative estimate of drug-likeness (QED) is 0.550. The lowest BCUT2D eigenvalue weighted by Crippen LogP contribution is -2.51. The molecule has 2 heterocycles. The molecular weight excluding hydrogens is 452 g/mol. The van der Waals surface area contributed by atoms with Crippen molar-refractivity contribution in [1.29, 1.82) is 0 Å². The van der Waals surface area contributed by atoms with Crippen molar-refractivity contribution in [3.63, 3.8) is 0 Å². The van der Waals surface area contributed by atoms with E-state index in [9.17, 15) is 30.8 Å². The van der Waals surface area contributed by atoms with E-state index in [4.69, 9.17) is 0 Å². The number of carbonyl (C=O) groups is 1. The van der Waals surface area contributed by atoms with E-state index in [-0.39, 0.29) is 42.1 Å². The molecule has 0 unspecified atom stereocenters. The third kappa shape index (κ3) is 4.19. The smallest absolute Gasteiger partial charge is 0.339 e. The number of rotatable bonds is 4. The van der Waals surface area contributed by atoms with E-state index < -0.39 is 40.3 Å². The van der Waals surface area contributed by atoms with Gasteiger partial charge in [0.1, 0.15) is 12.4 Å². The molecule has 1 aromatic heterocycles. The molecule has 4 rings (SSSR count). The molecule has 3 aromatic rings. The highest BCUT2D eigenvalue weighted by molar-refractivity contribution is 7.89. The molecule has 32 heavy (non-hydrogen) atoms. The van der Waals surface area contributed by atoms with Crippen molar-refractivity contribution < 1.29 is 30.8 Å². The summed E-state index contributed by atoms with van der Waals surface area (Å²) in [6.45, 7) is -0.683. The van der Waals surface area contributed by atoms with Crippen molar-refractivity contribution in [2.45, 2.75) is 17.6 Å². The number of nitrogens with zero attached hydrogens (tertiary/aromatic N) is 4. The number of amides is 1. The van der Waals surface area contributed by atoms with Crippen LogP contribution in [-0.2, 0) is 27.5 Å². The number of fused-ring (bicyclic) bond motifs is 1. The molecule has 1 amide bonds. The average molecular weight is 470 g/mol. The van der Waals surface area contributed by atoms with Gasteiger partial charge in [-0.05, 0) is 30.3 Å². The van der Waals surface area contributed by atoms with Crippen LogP contribution in [0.2, 0.25) is 0 Å². The number of para-hydroxylation sites is 2. The van der Waals surface area contributed by atoms with Crippen LogP contribution in [0.5, 0.6) is 0 Å². The number of hydrogen-bond donors (Lipinski definition) is 0. The number of alkyl halides is 3. The number of halogens is 4. The van der Waals surface area contributed by atoms with Crippen molar-refractivity contribution in [3.8, 4) is 0 Å². The second-order valence-electron chi connectivity index (χ2n) is 7.25. The van der Waals surface area contributed by atoms with E-state index in [2.05, 4.69) is 4.98 Å². The highest BCUT2D eigenvalue weighted by Crippen LogP contribution is 2.31. The highest BCUT2D eigenvalue weighted by Gasteiger charge is 2.38. The second kappa shape index (κ2) is 8.17. The van der Waals surface area contributed by atoms with Crippen LogP contribution < -0.4 is 0 Å². The first-order valence-corrected chi connectivity index (χ1v) is 11.1. The molecule has 1 saturated heterocycles. The molecule has 0 spiro atoms. The monoisotopic (exact) mass is 470 g/mol. The van der Waals surface area contributed by atoms with E-state index in [1.54, 1.807) is 12.1 Å². The SMILES string of the molecule is O=C(Cn1c(C(F)(F)F)nc2ccccc21)N1CCN(S(=O)(=O)c2cccc(F)c2)CC1. The maximum atomic E-state index is 13.4. The van der Waals surface area contributed by atoms with Gasteiger partial charge < -0.3 is 9.47 Å². The highest BCUT2D eigenvalue weighted by atomic mass is 32.2. The molecule has 7 nitrogen and oxygen atoms in total. The van der Waals surface area contributed by atoms with Crippen molar-refractivity contribution >= 4 is 27.0 Å². The Balaban J connectivity index is 1.49. The summed E-state index contributed by atoms with van der Waals surface area (Å²) < 4.78 is 81.1. The zero-order valence-corrected chi connectivity index (χ0v) is 17.4. The van der Waals surface area contributed by atoms with Gasteiger partial charge in [0.05, 0.1) is 15.9 Å². The van der Waals surface area contributed by atoms with Gasteiger partial charge in [-0.15, -0.1) is 0 Å². The van der Waals surface area contributed by atoms with E-state index in [1.165, 1.54) is 29.2 Å². The number of aromatic nitrogens is 2. The van der Waals surface area contributed by atoms with Gasteiger partial charge in [-0.25, -0.2) is 17.8 Å². The molecule has 0 saturated carbocycles. The summed E-state index contributed by atoms with van der Waals surface area (Å²) in [7, 11) is -3.95. The fraction of sp³-hybridized carbons (Fsp3) is 0.300. The number of imidazole rings is 1. The fourth-order valence-corrected chi connectivity index (χ4v) is 5.10. The molecule has 0 aliphatic carbocycles. The lowest BCUT2D eigenvalue weighted by molar-refractivity contribution is -0.148. The molecule has 0 N–H and O–H groups in total. The van der Waals surface area contributed by atoms with Crippen molar-refractivity contribution in [1.82, 2.24) is 18.8 Å². The predicted octanol–water partition coefficient (Wildman–Crippen LogP) is 2.73. The van der Waals surface area contributed by atoms with Crippen LogP contribution in [0.1, 0.15) is 5.82 Å². The molecule has 2 aromatic carbocycles. The molecule has 0 bridgehead atoms. The van der Waals surface area contributed by atoms with Crippen LogP contribution in [0.25, 0.3) is 11.0 Å². The van der Waals surface area contributed by atoms with Crippen LogP contribution in [-0.4, -0.2) is 59.3 Å². The first kappa shape index (κ1) is 22.2. The number of hydrogen-bond acceptors (Lipinski definition) is 4. The number of piperazine rings is 1. The summed E-state index contributed by atoms with van der Waals surface area (Å²) >= 11 is 0. The van der Waals surface area contributed by atoms with Gasteiger partial charge in [0.25, 0.3) is 0 Å². The fourth-order valence-electron chi connectivity index (χ4n) is 3.64.